The average Bonchev–Trinajstić information content (AvgIpc) is 3.22. The van der Waals surface area contributed by atoms with Gasteiger partial charge in [0.05, 0.1) is 30.6 Å². The molecule has 0 aliphatic heterocycles. The Labute approximate surface area is 182 Å². The number of benzene rings is 2. The highest BCUT2D eigenvalue weighted by atomic mass is 35.5. The molecule has 0 saturated heterocycles. The van der Waals surface area contributed by atoms with Gasteiger partial charge in [-0.25, -0.2) is 4.68 Å². The number of aryl methyl sites for hydroxylation is 1. The quantitative estimate of drug-likeness (QED) is 0.479. The summed E-state index contributed by atoms with van der Waals surface area (Å²) in [6, 6.07) is 12.8. The van der Waals surface area contributed by atoms with Crippen molar-refractivity contribution in [3.63, 3.8) is 0 Å². The van der Waals surface area contributed by atoms with E-state index in [1.54, 1.807) is 6.20 Å². The Morgan fingerprint density at radius 2 is 1.58 bits per heavy atom. The van der Waals surface area contributed by atoms with Crippen LogP contribution < -0.4 is 10.5 Å². The van der Waals surface area contributed by atoms with E-state index in [4.69, 9.17) is 5.73 Å². The number of halogens is 4. The molecular weight excluding hydrogens is 437 g/mol. The molecule has 0 spiro atoms. The molecule has 0 bridgehead atoms. The van der Waals surface area contributed by atoms with Crippen molar-refractivity contribution in [1.82, 2.24) is 15.0 Å². The molecule has 3 aromatic rings. The largest absolute Gasteiger partial charge is 0.573 e. The highest BCUT2D eigenvalue weighted by Gasteiger charge is 2.31. The number of nitrogens with zero attached hydrogens (tertiary/aromatic N) is 3. The molecule has 3 rings (SSSR count). The molecule has 0 saturated carbocycles. The van der Waals surface area contributed by atoms with E-state index in [-0.39, 0.29) is 31.4 Å². The SMILES string of the molecule is Cl.NC(CO)(CO)CCc1ccc(-c2cn(-c3ccc(OC(F)(F)F)cc3)nn2)cc1. The predicted molar refractivity (Wildman–Crippen MR) is 110 cm³/mol. The number of ether oxygens (including phenoxy) is 1. The van der Waals surface area contributed by atoms with Gasteiger partial charge >= 0.3 is 6.36 Å². The van der Waals surface area contributed by atoms with Gasteiger partial charge in [0.15, 0.2) is 0 Å². The number of aliphatic hydroxyl groups excluding tert-OH is 2. The standard InChI is InChI=1S/C20H21F3N4O3.ClH/c21-20(22,23)30-17-7-5-16(6-8-17)27-11-18(25-26-27)15-3-1-14(2-4-15)9-10-19(24,12-28)13-29;/h1-8,11,28-29H,9-10,12-13,24H2;1H. The molecule has 168 valence electrons. The minimum atomic E-state index is -4.74. The van der Waals surface area contributed by atoms with E-state index in [0.717, 1.165) is 11.1 Å². The highest BCUT2D eigenvalue weighted by Crippen LogP contribution is 2.24. The maximum atomic E-state index is 12.2. The van der Waals surface area contributed by atoms with Crippen molar-refractivity contribution in [2.45, 2.75) is 24.7 Å². The van der Waals surface area contributed by atoms with Gasteiger partial charge in [0, 0.05) is 5.56 Å². The Hall–Kier alpha value is -2.66. The third-order valence-electron chi connectivity index (χ3n) is 4.62. The molecule has 0 fully saturated rings. The van der Waals surface area contributed by atoms with Crippen molar-refractivity contribution < 1.29 is 28.1 Å². The van der Waals surface area contributed by atoms with E-state index >= 15 is 0 Å². The zero-order valence-corrected chi connectivity index (χ0v) is 17.1. The molecule has 1 heterocycles. The van der Waals surface area contributed by atoms with Crippen LogP contribution >= 0.6 is 12.4 Å². The summed E-state index contributed by atoms with van der Waals surface area (Å²) in [5.74, 6) is -0.314. The Kier molecular flexibility index (Phi) is 8.02. The van der Waals surface area contributed by atoms with E-state index < -0.39 is 11.9 Å². The molecule has 0 atom stereocenters. The second-order valence-corrected chi connectivity index (χ2v) is 6.97. The van der Waals surface area contributed by atoms with E-state index in [0.29, 0.717) is 24.2 Å². The fourth-order valence-electron chi connectivity index (χ4n) is 2.77. The summed E-state index contributed by atoms with van der Waals surface area (Å²) >= 11 is 0. The number of nitrogens with two attached hydrogens (primary N) is 1. The van der Waals surface area contributed by atoms with Crippen LogP contribution in [-0.4, -0.2) is 50.3 Å². The van der Waals surface area contributed by atoms with E-state index in [1.807, 2.05) is 24.3 Å². The topological polar surface area (TPSA) is 106 Å². The van der Waals surface area contributed by atoms with Gasteiger partial charge in [-0.05, 0) is 42.7 Å². The van der Waals surface area contributed by atoms with Gasteiger partial charge in [-0.15, -0.1) is 30.7 Å². The number of rotatable bonds is 8. The second-order valence-electron chi connectivity index (χ2n) is 6.97. The molecule has 4 N–H and O–H groups in total. The Balaban J connectivity index is 0.00000341. The Morgan fingerprint density at radius 1 is 0.968 bits per heavy atom. The summed E-state index contributed by atoms with van der Waals surface area (Å²) in [5.41, 5.74) is 7.79. The van der Waals surface area contributed by atoms with Crippen molar-refractivity contribution in [3.05, 3.63) is 60.3 Å². The first-order valence-corrected chi connectivity index (χ1v) is 9.10. The van der Waals surface area contributed by atoms with Crippen LogP contribution in [0.15, 0.2) is 54.7 Å². The molecule has 0 aliphatic rings. The smallest absolute Gasteiger partial charge is 0.406 e. The van der Waals surface area contributed by atoms with Gasteiger partial charge in [-0.2, -0.15) is 0 Å². The molecular formula is C20H22ClF3N4O3. The van der Waals surface area contributed by atoms with E-state index in [2.05, 4.69) is 15.0 Å². The monoisotopic (exact) mass is 458 g/mol. The molecule has 0 aliphatic carbocycles. The highest BCUT2D eigenvalue weighted by molar-refractivity contribution is 5.85. The molecule has 7 nitrogen and oxygen atoms in total. The third kappa shape index (κ3) is 6.66. The van der Waals surface area contributed by atoms with Gasteiger partial charge in [0.25, 0.3) is 0 Å². The van der Waals surface area contributed by atoms with Crippen LogP contribution in [0.25, 0.3) is 16.9 Å². The third-order valence-corrected chi connectivity index (χ3v) is 4.62. The summed E-state index contributed by atoms with van der Waals surface area (Å²) in [6.45, 7) is -0.595. The van der Waals surface area contributed by atoms with Crippen LogP contribution in [0.2, 0.25) is 0 Å². The zero-order valence-electron chi connectivity index (χ0n) is 16.3. The van der Waals surface area contributed by atoms with Crippen LogP contribution in [0.4, 0.5) is 13.2 Å². The first-order valence-electron chi connectivity index (χ1n) is 9.10. The van der Waals surface area contributed by atoms with Gasteiger partial charge in [-0.1, -0.05) is 29.5 Å². The van der Waals surface area contributed by atoms with Gasteiger partial charge in [0.1, 0.15) is 11.4 Å². The van der Waals surface area contributed by atoms with Crippen molar-refractivity contribution in [2.75, 3.05) is 13.2 Å². The lowest BCUT2D eigenvalue weighted by atomic mass is 9.93. The minimum Gasteiger partial charge on any atom is -0.406 e. The number of hydrogen-bond donors (Lipinski definition) is 3. The number of alkyl halides is 3. The molecule has 0 radical (unpaired) electrons. The molecule has 2 aromatic carbocycles. The molecule has 31 heavy (non-hydrogen) atoms. The Bertz CT molecular complexity index is 959. The number of aromatic nitrogens is 3. The van der Waals surface area contributed by atoms with E-state index in [1.165, 1.54) is 28.9 Å². The van der Waals surface area contributed by atoms with Gasteiger partial charge < -0.3 is 20.7 Å². The van der Waals surface area contributed by atoms with Crippen molar-refractivity contribution >= 4 is 12.4 Å². The van der Waals surface area contributed by atoms with Crippen LogP contribution in [-0.2, 0) is 6.42 Å². The van der Waals surface area contributed by atoms with Crippen LogP contribution in [0.1, 0.15) is 12.0 Å². The summed E-state index contributed by atoms with van der Waals surface area (Å²) in [4.78, 5) is 0. The summed E-state index contributed by atoms with van der Waals surface area (Å²) in [7, 11) is 0. The maximum Gasteiger partial charge on any atom is 0.573 e. The van der Waals surface area contributed by atoms with Gasteiger partial charge in [-0.3, -0.25) is 0 Å². The maximum absolute atomic E-state index is 12.2. The lowest BCUT2D eigenvalue weighted by Crippen LogP contribution is -2.47. The molecule has 0 amide bonds. The van der Waals surface area contributed by atoms with Gasteiger partial charge in [0.2, 0.25) is 0 Å². The number of aliphatic hydroxyl groups is 2. The first kappa shape index (κ1) is 24.6. The predicted octanol–water partition coefficient (Wildman–Crippen LogP) is 2.87. The second kappa shape index (κ2) is 10.1. The minimum absolute atomic E-state index is 0. The molecule has 11 heteroatoms. The lowest BCUT2D eigenvalue weighted by Gasteiger charge is -2.24. The summed E-state index contributed by atoms with van der Waals surface area (Å²) < 4.78 is 42.0. The average molecular weight is 459 g/mol. The van der Waals surface area contributed by atoms with Crippen molar-refractivity contribution in [1.29, 1.82) is 0 Å². The zero-order chi connectivity index (χ0) is 21.8. The fourth-order valence-corrected chi connectivity index (χ4v) is 2.77. The van der Waals surface area contributed by atoms with Crippen LogP contribution in [0.5, 0.6) is 5.75 Å². The summed E-state index contributed by atoms with van der Waals surface area (Å²) in [6.07, 6.45) is -2.05. The number of hydrogen-bond acceptors (Lipinski definition) is 6. The van der Waals surface area contributed by atoms with E-state index in [9.17, 15) is 23.4 Å². The van der Waals surface area contributed by atoms with Crippen molar-refractivity contribution in [2.24, 2.45) is 5.73 Å². The van der Waals surface area contributed by atoms with Crippen LogP contribution in [0, 0.1) is 0 Å². The Morgan fingerprint density at radius 3 is 2.13 bits per heavy atom. The van der Waals surface area contributed by atoms with Crippen LogP contribution in [0.3, 0.4) is 0 Å². The lowest BCUT2D eigenvalue weighted by molar-refractivity contribution is -0.274. The van der Waals surface area contributed by atoms with Crippen molar-refractivity contribution in [3.8, 4) is 22.7 Å². The normalized spacial score (nSPS) is 11.8. The fraction of sp³-hybridized carbons (Fsp3) is 0.300. The summed E-state index contributed by atoms with van der Waals surface area (Å²) in [5, 5.41) is 26.6. The molecule has 0 unspecified atom stereocenters. The molecule has 1 aromatic heterocycles. The first-order chi connectivity index (χ1) is 14.2.